The summed E-state index contributed by atoms with van der Waals surface area (Å²) in [5.41, 5.74) is 1.25. The zero-order valence-corrected chi connectivity index (χ0v) is 14.9. The van der Waals surface area contributed by atoms with Gasteiger partial charge in [0.05, 0.1) is 13.7 Å². The molecule has 0 aromatic heterocycles. The van der Waals surface area contributed by atoms with E-state index < -0.39 is 0 Å². The first-order valence-electron chi connectivity index (χ1n) is 7.49. The standard InChI is InChI=1S/C19H18BrFO3/c1-23-19-13-14(4-10-18(19)24-12-2-11-20)3-9-17(22)15-5-7-16(21)8-6-15/h3-10,13H,2,11-12H2,1H3/b9-3+. The van der Waals surface area contributed by atoms with Crippen molar-refractivity contribution in [3.05, 3.63) is 65.5 Å². The SMILES string of the molecule is COc1cc(/C=C/C(=O)c2ccc(F)cc2)ccc1OCCCBr. The van der Waals surface area contributed by atoms with Gasteiger partial charge in [0.25, 0.3) is 0 Å². The van der Waals surface area contributed by atoms with E-state index in [0.717, 1.165) is 17.3 Å². The van der Waals surface area contributed by atoms with E-state index in [1.165, 1.54) is 30.3 Å². The summed E-state index contributed by atoms with van der Waals surface area (Å²) in [5, 5.41) is 0.877. The number of hydrogen-bond acceptors (Lipinski definition) is 3. The van der Waals surface area contributed by atoms with Crippen molar-refractivity contribution in [3.8, 4) is 11.5 Å². The third kappa shape index (κ3) is 5.20. The molecule has 0 N–H and O–H groups in total. The summed E-state index contributed by atoms with van der Waals surface area (Å²) < 4.78 is 23.8. The maximum absolute atomic E-state index is 12.9. The van der Waals surface area contributed by atoms with Gasteiger partial charge in [-0.25, -0.2) is 4.39 Å². The largest absolute Gasteiger partial charge is 0.493 e. The molecule has 0 atom stereocenters. The third-order valence-corrected chi connectivity index (χ3v) is 3.84. The number of carbonyl (C=O) groups excluding carboxylic acids is 1. The van der Waals surface area contributed by atoms with Crippen molar-refractivity contribution in [1.29, 1.82) is 0 Å². The summed E-state index contributed by atoms with van der Waals surface area (Å²) in [4.78, 5) is 12.1. The molecule has 5 heteroatoms. The second-order valence-electron chi connectivity index (χ2n) is 5.01. The minimum absolute atomic E-state index is 0.188. The monoisotopic (exact) mass is 392 g/mol. The summed E-state index contributed by atoms with van der Waals surface area (Å²) in [7, 11) is 1.57. The van der Waals surface area contributed by atoms with Gasteiger partial charge in [0.2, 0.25) is 0 Å². The van der Waals surface area contributed by atoms with Crippen molar-refractivity contribution in [3.63, 3.8) is 0 Å². The van der Waals surface area contributed by atoms with Gasteiger partial charge in [-0.1, -0.05) is 28.1 Å². The number of rotatable bonds is 8. The lowest BCUT2D eigenvalue weighted by Gasteiger charge is -2.10. The first kappa shape index (κ1) is 18.2. The Bertz CT molecular complexity index is 711. The van der Waals surface area contributed by atoms with Crippen LogP contribution in [0.1, 0.15) is 22.3 Å². The van der Waals surface area contributed by atoms with Crippen molar-refractivity contribution in [2.45, 2.75) is 6.42 Å². The van der Waals surface area contributed by atoms with Crippen LogP contribution in [0.3, 0.4) is 0 Å². The van der Waals surface area contributed by atoms with E-state index in [1.54, 1.807) is 19.3 Å². The number of ether oxygens (including phenoxy) is 2. The van der Waals surface area contributed by atoms with E-state index >= 15 is 0 Å². The lowest BCUT2D eigenvalue weighted by atomic mass is 10.1. The molecular weight excluding hydrogens is 375 g/mol. The molecule has 0 radical (unpaired) electrons. The average Bonchev–Trinajstić information content (AvgIpc) is 2.61. The van der Waals surface area contributed by atoms with Crippen LogP contribution in [0.4, 0.5) is 4.39 Å². The first-order valence-corrected chi connectivity index (χ1v) is 8.61. The topological polar surface area (TPSA) is 35.5 Å². The molecule has 2 rings (SSSR count). The molecule has 24 heavy (non-hydrogen) atoms. The van der Waals surface area contributed by atoms with Crippen LogP contribution < -0.4 is 9.47 Å². The van der Waals surface area contributed by atoms with Crippen LogP contribution in [0.2, 0.25) is 0 Å². The van der Waals surface area contributed by atoms with Crippen molar-refractivity contribution in [1.82, 2.24) is 0 Å². The second kappa shape index (κ2) is 9.23. The Morgan fingerprint density at radius 2 is 1.92 bits per heavy atom. The summed E-state index contributed by atoms with van der Waals surface area (Å²) in [5.74, 6) is 0.726. The number of ketones is 1. The summed E-state index contributed by atoms with van der Waals surface area (Å²) in [6.07, 6.45) is 4.04. The molecule has 2 aromatic carbocycles. The van der Waals surface area contributed by atoms with Gasteiger partial charge < -0.3 is 9.47 Å². The van der Waals surface area contributed by atoms with Crippen LogP contribution in [-0.2, 0) is 0 Å². The van der Waals surface area contributed by atoms with E-state index in [-0.39, 0.29) is 11.6 Å². The Labute approximate surface area is 149 Å². The summed E-state index contributed by atoms with van der Waals surface area (Å²) in [6.45, 7) is 0.597. The van der Waals surface area contributed by atoms with Crippen molar-refractivity contribution < 1.29 is 18.7 Å². The highest BCUT2D eigenvalue weighted by molar-refractivity contribution is 9.09. The fourth-order valence-electron chi connectivity index (χ4n) is 2.03. The van der Waals surface area contributed by atoms with Crippen molar-refractivity contribution in [2.24, 2.45) is 0 Å². The second-order valence-corrected chi connectivity index (χ2v) is 5.80. The first-order chi connectivity index (χ1) is 11.6. The maximum Gasteiger partial charge on any atom is 0.185 e. The van der Waals surface area contributed by atoms with Gasteiger partial charge in [0.1, 0.15) is 5.82 Å². The van der Waals surface area contributed by atoms with Crippen LogP contribution in [0.5, 0.6) is 11.5 Å². The molecule has 0 bridgehead atoms. The third-order valence-electron chi connectivity index (χ3n) is 3.28. The minimum atomic E-state index is -0.365. The fourth-order valence-corrected chi connectivity index (χ4v) is 2.25. The number of methoxy groups -OCH3 is 1. The van der Waals surface area contributed by atoms with Crippen molar-refractivity contribution in [2.75, 3.05) is 19.0 Å². The van der Waals surface area contributed by atoms with E-state index in [4.69, 9.17) is 9.47 Å². The molecular formula is C19H18BrFO3. The lowest BCUT2D eigenvalue weighted by molar-refractivity contribution is 0.104. The number of halogens is 2. The number of carbonyl (C=O) groups is 1. The molecule has 0 unspecified atom stereocenters. The lowest BCUT2D eigenvalue weighted by Crippen LogP contribution is -2.00. The molecule has 126 valence electrons. The Morgan fingerprint density at radius 1 is 1.17 bits per heavy atom. The van der Waals surface area contributed by atoms with Gasteiger partial charge in [-0.3, -0.25) is 4.79 Å². The highest BCUT2D eigenvalue weighted by Crippen LogP contribution is 2.28. The molecule has 3 nitrogen and oxygen atoms in total. The molecule has 0 spiro atoms. The zero-order valence-electron chi connectivity index (χ0n) is 13.3. The summed E-state index contributed by atoms with van der Waals surface area (Å²) >= 11 is 3.35. The molecule has 2 aromatic rings. The van der Waals surface area contributed by atoms with E-state index in [0.29, 0.717) is 23.7 Å². The zero-order chi connectivity index (χ0) is 17.4. The minimum Gasteiger partial charge on any atom is -0.493 e. The quantitative estimate of drug-likeness (QED) is 0.277. The highest BCUT2D eigenvalue weighted by Gasteiger charge is 2.06. The molecule has 0 amide bonds. The Balaban J connectivity index is 2.08. The number of allylic oxidation sites excluding steroid dienone is 1. The Hall–Kier alpha value is -2.14. The Morgan fingerprint density at radius 3 is 2.58 bits per heavy atom. The average molecular weight is 393 g/mol. The molecule has 0 aliphatic heterocycles. The molecule has 0 fully saturated rings. The number of benzene rings is 2. The van der Waals surface area contributed by atoms with Crippen LogP contribution in [-0.4, -0.2) is 24.8 Å². The van der Waals surface area contributed by atoms with Gasteiger partial charge in [0, 0.05) is 10.9 Å². The maximum atomic E-state index is 12.9. The van der Waals surface area contributed by atoms with Gasteiger partial charge in [-0.2, -0.15) is 0 Å². The van der Waals surface area contributed by atoms with Gasteiger partial charge in [0.15, 0.2) is 17.3 Å². The van der Waals surface area contributed by atoms with E-state index in [2.05, 4.69) is 15.9 Å². The molecule has 0 aliphatic carbocycles. The number of alkyl halides is 1. The van der Waals surface area contributed by atoms with Crippen LogP contribution in [0.25, 0.3) is 6.08 Å². The van der Waals surface area contributed by atoms with Crippen LogP contribution in [0.15, 0.2) is 48.5 Å². The molecule has 0 aliphatic rings. The van der Waals surface area contributed by atoms with E-state index in [9.17, 15) is 9.18 Å². The van der Waals surface area contributed by atoms with Crippen LogP contribution in [0, 0.1) is 5.82 Å². The Kier molecular flexibility index (Phi) is 7.00. The van der Waals surface area contributed by atoms with Crippen molar-refractivity contribution >= 4 is 27.8 Å². The number of hydrogen-bond donors (Lipinski definition) is 0. The smallest absolute Gasteiger partial charge is 0.185 e. The molecule has 0 saturated carbocycles. The fraction of sp³-hybridized carbons (Fsp3) is 0.211. The molecule has 0 saturated heterocycles. The van der Waals surface area contributed by atoms with Crippen LogP contribution >= 0.6 is 15.9 Å². The highest BCUT2D eigenvalue weighted by atomic mass is 79.9. The summed E-state index contributed by atoms with van der Waals surface area (Å²) in [6, 6.07) is 10.9. The normalized spacial score (nSPS) is 10.8. The van der Waals surface area contributed by atoms with Gasteiger partial charge >= 0.3 is 0 Å². The van der Waals surface area contributed by atoms with Gasteiger partial charge in [-0.15, -0.1) is 0 Å². The molecule has 0 heterocycles. The predicted octanol–water partition coefficient (Wildman–Crippen LogP) is 4.89. The van der Waals surface area contributed by atoms with Gasteiger partial charge in [-0.05, 0) is 54.5 Å². The predicted molar refractivity (Wildman–Crippen MR) is 96.7 cm³/mol. The van der Waals surface area contributed by atoms with E-state index in [1.807, 2.05) is 12.1 Å².